The summed E-state index contributed by atoms with van der Waals surface area (Å²) in [5.74, 6) is -2.72. The Morgan fingerprint density at radius 3 is 1.71 bits per heavy atom. The Kier molecular flexibility index (Phi) is 8.69. The minimum absolute atomic E-state index is 0.296. The Bertz CT molecular complexity index is 639. The molecule has 8 unspecified atom stereocenters. The molecular formula is C25H36ClF7O. The fourth-order valence-corrected chi connectivity index (χ4v) is 7.39. The molecule has 0 heterocycles. The highest BCUT2D eigenvalue weighted by Gasteiger charge is 2.57. The number of halogens is 8. The van der Waals surface area contributed by atoms with Gasteiger partial charge >= 0.3 is 6.11 Å². The van der Waals surface area contributed by atoms with E-state index in [2.05, 4.69) is 4.74 Å². The fraction of sp³-hybridized carbons (Fsp3) is 1.00. The zero-order valence-electron chi connectivity index (χ0n) is 19.3. The van der Waals surface area contributed by atoms with Gasteiger partial charge in [0.15, 0.2) is 0 Å². The van der Waals surface area contributed by atoms with Crippen molar-refractivity contribution in [3.05, 3.63) is 0 Å². The van der Waals surface area contributed by atoms with Gasteiger partial charge in [0.1, 0.15) is 36.8 Å². The number of alkyl halides is 8. The lowest BCUT2D eigenvalue weighted by Gasteiger charge is -2.45. The molecule has 0 N–H and O–H groups in total. The van der Waals surface area contributed by atoms with Gasteiger partial charge in [0.25, 0.3) is 0 Å². The summed E-state index contributed by atoms with van der Waals surface area (Å²) in [6, 6.07) is 0. The zero-order chi connectivity index (χ0) is 24.6. The molecule has 4 aliphatic carbocycles. The van der Waals surface area contributed by atoms with Crippen LogP contribution in [0, 0.1) is 29.6 Å². The van der Waals surface area contributed by atoms with Crippen LogP contribution in [-0.4, -0.2) is 48.4 Å². The molecular weight excluding hydrogens is 485 g/mol. The number of ether oxygens (including phenoxy) is 1. The Balaban J connectivity index is 1.33. The summed E-state index contributed by atoms with van der Waals surface area (Å²) >= 11 is 5.56. The molecule has 0 aliphatic heterocycles. The summed E-state index contributed by atoms with van der Waals surface area (Å²) in [5, 5.41) is -1.45. The second-order valence-corrected chi connectivity index (χ2v) is 11.7. The van der Waals surface area contributed by atoms with Crippen molar-refractivity contribution in [1.82, 2.24) is 0 Å². The highest BCUT2D eigenvalue weighted by atomic mass is 35.5. The Morgan fingerprint density at radius 1 is 0.588 bits per heavy atom. The molecule has 34 heavy (non-hydrogen) atoms. The molecule has 4 saturated carbocycles. The van der Waals surface area contributed by atoms with E-state index < -0.39 is 79.0 Å². The first-order valence-corrected chi connectivity index (χ1v) is 13.4. The molecule has 9 atom stereocenters. The maximum Gasteiger partial charge on any atom is 0.364 e. The van der Waals surface area contributed by atoms with E-state index in [1.807, 2.05) is 0 Å². The van der Waals surface area contributed by atoms with E-state index in [4.69, 9.17) is 11.6 Å². The van der Waals surface area contributed by atoms with Crippen LogP contribution in [0.1, 0.15) is 77.0 Å². The van der Waals surface area contributed by atoms with Crippen LogP contribution in [0.25, 0.3) is 0 Å². The normalized spacial score (nSPS) is 47.5. The van der Waals surface area contributed by atoms with Gasteiger partial charge in [-0.3, -0.25) is 0 Å². The smallest absolute Gasteiger partial charge is 0.317 e. The lowest BCUT2D eigenvalue weighted by molar-refractivity contribution is -0.322. The minimum atomic E-state index is -4.22. The number of rotatable bonds is 5. The Hall–Kier alpha value is -0.240. The van der Waals surface area contributed by atoms with Crippen molar-refractivity contribution in [2.45, 2.75) is 125 Å². The molecule has 0 radical (unpaired) electrons. The van der Waals surface area contributed by atoms with Crippen molar-refractivity contribution in [2.75, 3.05) is 0 Å². The summed E-state index contributed by atoms with van der Waals surface area (Å²) in [5.41, 5.74) is 0. The predicted molar refractivity (Wildman–Crippen MR) is 117 cm³/mol. The van der Waals surface area contributed by atoms with Gasteiger partial charge in [0.2, 0.25) is 0 Å². The maximum absolute atomic E-state index is 15.1. The van der Waals surface area contributed by atoms with Crippen LogP contribution in [0.4, 0.5) is 30.7 Å². The average Bonchev–Trinajstić information content (AvgIpc) is 2.77. The lowest BCUT2D eigenvalue weighted by Crippen LogP contribution is -2.52. The van der Waals surface area contributed by atoms with Crippen molar-refractivity contribution in [1.29, 1.82) is 0 Å². The van der Waals surface area contributed by atoms with Gasteiger partial charge < -0.3 is 4.74 Å². The van der Waals surface area contributed by atoms with Crippen LogP contribution in [0.15, 0.2) is 0 Å². The van der Waals surface area contributed by atoms with E-state index in [9.17, 15) is 26.3 Å². The molecule has 1 nitrogen and oxygen atoms in total. The molecule has 0 aromatic carbocycles. The molecule has 0 bridgehead atoms. The highest BCUT2D eigenvalue weighted by molar-refractivity contribution is 6.21. The predicted octanol–water partition coefficient (Wildman–Crippen LogP) is 8.08. The van der Waals surface area contributed by atoms with E-state index >= 15 is 4.39 Å². The van der Waals surface area contributed by atoms with E-state index in [1.165, 1.54) is 19.3 Å². The summed E-state index contributed by atoms with van der Waals surface area (Å²) in [7, 11) is 0. The second kappa shape index (κ2) is 11.0. The summed E-state index contributed by atoms with van der Waals surface area (Å²) < 4.78 is 107. The number of hydrogen-bond acceptors (Lipinski definition) is 1. The maximum atomic E-state index is 15.1. The van der Waals surface area contributed by atoms with Crippen LogP contribution >= 0.6 is 11.6 Å². The van der Waals surface area contributed by atoms with Crippen molar-refractivity contribution in [3.63, 3.8) is 0 Å². The van der Waals surface area contributed by atoms with Crippen LogP contribution in [0.3, 0.4) is 0 Å². The molecule has 4 aliphatic rings. The van der Waals surface area contributed by atoms with Gasteiger partial charge in [-0.2, -0.15) is 8.78 Å². The van der Waals surface area contributed by atoms with Crippen molar-refractivity contribution in [2.24, 2.45) is 29.6 Å². The van der Waals surface area contributed by atoms with Crippen molar-refractivity contribution >= 4 is 11.6 Å². The molecule has 198 valence electrons. The van der Waals surface area contributed by atoms with Gasteiger partial charge in [0.05, 0.1) is 11.5 Å². The van der Waals surface area contributed by atoms with Crippen molar-refractivity contribution < 1.29 is 35.5 Å². The highest BCUT2D eigenvalue weighted by Crippen LogP contribution is 2.50. The van der Waals surface area contributed by atoms with Gasteiger partial charge in [0, 0.05) is 12.8 Å². The number of hydrogen-bond donors (Lipinski definition) is 0. The molecule has 0 spiro atoms. The molecule has 4 rings (SSSR count). The molecule has 4 fully saturated rings. The van der Waals surface area contributed by atoms with Gasteiger partial charge in [-0.25, -0.2) is 22.0 Å². The largest absolute Gasteiger partial charge is 0.364 e. The van der Waals surface area contributed by atoms with Crippen molar-refractivity contribution in [3.8, 4) is 0 Å². The molecule has 0 amide bonds. The topological polar surface area (TPSA) is 9.23 Å². The zero-order valence-corrected chi connectivity index (χ0v) is 20.1. The third-order valence-corrected chi connectivity index (χ3v) is 9.55. The fourth-order valence-electron chi connectivity index (χ4n) is 7.18. The first kappa shape index (κ1) is 26.8. The SMILES string of the molecule is FC1CC(C2CCCCC2)CCC1C1CC(F)C(C(F)(F)OC2CC(F)C(Cl)[C@@H](F)C2)C(F)C1. The van der Waals surface area contributed by atoms with E-state index in [-0.39, 0.29) is 12.8 Å². The van der Waals surface area contributed by atoms with E-state index in [0.29, 0.717) is 24.7 Å². The van der Waals surface area contributed by atoms with Crippen LogP contribution in [-0.2, 0) is 4.74 Å². The van der Waals surface area contributed by atoms with Crippen LogP contribution in [0.5, 0.6) is 0 Å². The Labute approximate surface area is 202 Å². The lowest BCUT2D eigenvalue weighted by atomic mass is 9.64. The van der Waals surface area contributed by atoms with Gasteiger partial charge in [-0.05, 0) is 55.8 Å². The molecule has 9 heteroatoms. The first-order chi connectivity index (χ1) is 16.1. The van der Waals surface area contributed by atoms with E-state index in [1.54, 1.807) is 0 Å². The third kappa shape index (κ3) is 5.84. The average molecular weight is 521 g/mol. The summed E-state index contributed by atoms with van der Waals surface area (Å²) in [4.78, 5) is 0. The quantitative estimate of drug-likeness (QED) is 0.263. The summed E-state index contributed by atoms with van der Waals surface area (Å²) in [6.07, 6.45) is -9.42. The van der Waals surface area contributed by atoms with Crippen LogP contribution < -0.4 is 0 Å². The van der Waals surface area contributed by atoms with Gasteiger partial charge in [-0.15, -0.1) is 11.6 Å². The molecule has 0 aromatic heterocycles. The minimum Gasteiger partial charge on any atom is -0.317 e. The second-order valence-electron chi connectivity index (χ2n) is 11.2. The van der Waals surface area contributed by atoms with Gasteiger partial charge in [-0.1, -0.05) is 32.1 Å². The summed E-state index contributed by atoms with van der Waals surface area (Å²) in [6.45, 7) is 0. The van der Waals surface area contributed by atoms with E-state index in [0.717, 1.165) is 19.3 Å². The molecule has 0 aromatic rings. The van der Waals surface area contributed by atoms with Crippen LogP contribution in [0.2, 0.25) is 0 Å². The standard InChI is InChI=1S/C25H36ClF7O/c26-24-21(30)11-16(12-22(24)31)34-25(32,33)23-19(28)9-15(10-20(23)29)17-7-6-14(8-18(17)27)13-4-2-1-3-5-13/h13-24H,1-12H2/t14?,15?,16?,17?,18?,19?,20?,21-,22?,23?,24?/m0/s1. The monoisotopic (exact) mass is 520 g/mol. The Morgan fingerprint density at radius 2 is 1.15 bits per heavy atom. The first-order valence-electron chi connectivity index (χ1n) is 13.0. The molecule has 0 saturated heterocycles. The third-order valence-electron chi connectivity index (χ3n) is 9.00.